The molecular weight excluding hydrogens is 465 g/mol. The lowest BCUT2D eigenvalue weighted by Crippen LogP contribution is -2.49. The number of likely N-dealkylation sites (N-methyl/N-ethyl adjacent to an activating group) is 1. The van der Waals surface area contributed by atoms with E-state index >= 15 is 0 Å². The molecule has 2 aliphatic heterocycles. The Hall–Kier alpha value is -3.05. The van der Waals surface area contributed by atoms with Crippen molar-refractivity contribution in [3.63, 3.8) is 0 Å². The Morgan fingerprint density at radius 1 is 1.29 bits per heavy atom. The molecule has 0 unspecified atom stereocenters. The van der Waals surface area contributed by atoms with Gasteiger partial charge in [0.1, 0.15) is 17.6 Å². The maximum Gasteiger partial charge on any atom is 0.573 e. The number of nitrogens with one attached hydrogen (secondary N) is 2. The first-order valence-corrected chi connectivity index (χ1v) is 11.6. The molecule has 2 amide bonds. The minimum Gasteiger partial charge on any atom is -0.467 e. The van der Waals surface area contributed by atoms with Crippen molar-refractivity contribution in [2.45, 2.75) is 56.8 Å². The number of likely N-dealkylation sites (tertiary alicyclic amines) is 1. The summed E-state index contributed by atoms with van der Waals surface area (Å²) in [4.78, 5) is 29.4. The molecule has 4 rings (SSSR count). The van der Waals surface area contributed by atoms with Gasteiger partial charge in [0.15, 0.2) is 0 Å². The van der Waals surface area contributed by atoms with Crippen molar-refractivity contribution in [3.05, 3.63) is 54.0 Å². The zero-order valence-corrected chi connectivity index (χ0v) is 19.4. The lowest BCUT2D eigenvalue weighted by Gasteiger charge is -2.33. The van der Waals surface area contributed by atoms with E-state index < -0.39 is 12.4 Å². The van der Waals surface area contributed by atoms with E-state index in [-0.39, 0.29) is 29.6 Å². The molecule has 0 aliphatic carbocycles. The molecule has 35 heavy (non-hydrogen) atoms. The number of carbonyl (C=O) groups is 2. The third kappa shape index (κ3) is 6.55. The summed E-state index contributed by atoms with van der Waals surface area (Å²) in [6.07, 6.45) is -1.56. The maximum atomic E-state index is 13.0. The molecule has 1 aromatic heterocycles. The summed E-state index contributed by atoms with van der Waals surface area (Å²) >= 11 is 0. The molecular formula is C24H29F3N4O4. The summed E-state index contributed by atoms with van der Waals surface area (Å²) in [5.74, 6) is 0.211. The van der Waals surface area contributed by atoms with Gasteiger partial charge in [-0.25, -0.2) is 0 Å². The predicted octanol–water partition coefficient (Wildman–Crippen LogP) is 2.65. The van der Waals surface area contributed by atoms with Gasteiger partial charge >= 0.3 is 6.36 Å². The zero-order valence-electron chi connectivity index (χ0n) is 19.4. The van der Waals surface area contributed by atoms with E-state index in [1.807, 2.05) is 11.9 Å². The number of hydrogen-bond donors (Lipinski definition) is 2. The highest BCUT2D eigenvalue weighted by atomic mass is 19.4. The molecule has 0 radical (unpaired) electrons. The lowest BCUT2D eigenvalue weighted by atomic mass is 10.0. The summed E-state index contributed by atoms with van der Waals surface area (Å²) in [5, 5.41) is 5.83. The Morgan fingerprint density at radius 2 is 2.11 bits per heavy atom. The number of fused-ring (bicyclic) bond motifs is 1. The van der Waals surface area contributed by atoms with Gasteiger partial charge in [-0.15, -0.1) is 13.2 Å². The number of rotatable bonds is 8. The highest BCUT2D eigenvalue weighted by molar-refractivity contribution is 5.83. The van der Waals surface area contributed by atoms with Crippen molar-refractivity contribution >= 4 is 11.8 Å². The van der Waals surface area contributed by atoms with Crippen LogP contribution in [0, 0.1) is 0 Å². The quantitative estimate of drug-likeness (QED) is 0.587. The number of halogens is 3. The van der Waals surface area contributed by atoms with E-state index in [0.29, 0.717) is 50.3 Å². The van der Waals surface area contributed by atoms with Gasteiger partial charge in [0.05, 0.1) is 12.8 Å². The van der Waals surface area contributed by atoms with Gasteiger partial charge in [0, 0.05) is 38.1 Å². The summed E-state index contributed by atoms with van der Waals surface area (Å²) in [7, 11) is 1.96. The van der Waals surface area contributed by atoms with Crippen LogP contribution in [0.1, 0.15) is 30.6 Å². The van der Waals surface area contributed by atoms with Gasteiger partial charge in [0.2, 0.25) is 11.8 Å². The number of alkyl halides is 3. The monoisotopic (exact) mass is 494 g/mol. The van der Waals surface area contributed by atoms with E-state index in [9.17, 15) is 22.8 Å². The van der Waals surface area contributed by atoms with Crippen molar-refractivity contribution in [1.82, 2.24) is 20.4 Å². The Morgan fingerprint density at radius 3 is 2.86 bits per heavy atom. The van der Waals surface area contributed by atoms with Gasteiger partial charge in [-0.1, -0.05) is 12.1 Å². The maximum absolute atomic E-state index is 13.0. The fourth-order valence-electron chi connectivity index (χ4n) is 4.89. The molecule has 8 nitrogen and oxygen atoms in total. The Bertz CT molecular complexity index is 1010. The topological polar surface area (TPSA) is 87.1 Å². The van der Waals surface area contributed by atoms with Crippen molar-refractivity contribution in [1.29, 1.82) is 0 Å². The van der Waals surface area contributed by atoms with Gasteiger partial charge in [-0.3, -0.25) is 19.4 Å². The largest absolute Gasteiger partial charge is 0.573 e. The van der Waals surface area contributed by atoms with Gasteiger partial charge in [0.25, 0.3) is 0 Å². The molecule has 0 bridgehead atoms. The van der Waals surface area contributed by atoms with Crippen LogP contribution in [0.2, 0.25) is 0 Å². The molecule has 0 spiro atoms. The average molecular weight is 495 g/mol. The summed E-state index contributed by atoms with van der Waals surface area (Å²) < 4.78 is 47.0. The molecule has 3 heterocycles. The van der Waals surface area contributed by atoms with Crippen molar-refractivity contribution < 1.29 is 31.9 Å². The molecule has 2 aromatic rings. The second kappa shape index (κ2) is 10.7. The molecule has 2 saturated heterocycles. The Balaban J connectivity index is 1.34. The highest BCUT2D eigenvalue weighted by Crippen LogP contribution is 2.30. The molecule has 0 saturated carbocycles. The fourth-order valence-corrected chi connectivity index (χ4v) is 4.89. The minimum atomic E-state index is -4.76. The average Bonchev–Trinajstić information content (AvgIpc) is 3.44. The van der Waals surface area contributed by atoms with Crippen LogP contribution in [0.4, 0.5) is 13.2 Å². The van der Waals surface area contributed by atoms with Crippen molar-refractivity contribution in [2.75, 3.05) is 20.1 Å². The number of nitrogens with zero attached hydrogens (tertiary/aromatic N) is 2. The van der Waals surface area contributed by atoms with Crippen LogP contribution in [-0.2, 0) is 22.7 Å². The molecule has 3 atom stereocenters. The third-order valence-electron chi connectivity index (χ3n) is 6.61. The SMILES string of the molecule is CN1[C@@H](CCC(=O)NCc2ccco2)CNC(=O)[C@@H]2[C@@H]1CCN2Cc1cccc(OC(F)(F)F)c1. The second-order valence-corrected chi connectivity index (χ2v) is 8.93. The van der Waals surface area contributed by atoms with Crippen LogP contribution < -0.4 is 15.4 Å². The minimum absolute atomic E-state index is 0.00761. The molecule has 1 aromatic carbocycles. The van der Waals surface area contributed by atoms with Crippen molar-refractivity contribution in [3.8, 4) is 5.75 Å². The molecule has 2 N–H and O–H groups in total. The number of carbonyl (C=O) groups excluding carboxylic acids is 2. The van der Waals surface area contributed by atoms with Gasteiger partial charge in [-0.05, 0) is 49.7 Å². The first-order chi connectivity index (χ1) is 16.7. The Labute approximate surface area is 201 Å². The van der Waals surface area contributed by atoms with Crippen LogP contribution in [0.15, 0.2) is 47.1 Å². The number of hydrogen-bond acceptors (Lipinski definition) is 6. The number of benzene rings is 1. The van der Waals surface area contributed by atoms with E-state index in [4.69, 9.17) is 4.42 Å². The number of amides is 2. The second-order valence-electron chi connectivity index (χ2n) is 8.93. The van der Waals surface area contributed by atoms with Crippen molar-refractivity contribution in [2.24, 2.45) is 0 Å². The van der Waals surface area contributed by atoms with E-state index in [1.54, 1.807) is 24.5 Å². The fraction of sp³-hybridized carbons (Fsp3) is 0.500. The van der Waals surface area contributed by atoms with Gasteiger partial charge < -0.3 is 19.8 Å². The Kier molecular flexibility index (Phi) is 7.66. The summed E-state index contributed by atoms with van der Waals surface area (Å²) in [5.41, 5.74) is 0.636. The standard InChI is InChI=1S/C24H29F3N4O4/c1-30-17(7-8-21(32)28-14-19-6-3-11-34-19)13-29-23(33)22-20(30)9-10-31(22)15-16-4-2-5-18(12-16)35-24(25,26)27/h2-6,11-12,17,20,22H,7-10,13-15H2,1H3,(H,28,32)(H,29,33)/t17-,20-,22-/m0/s1. The summed E-state index contributed by atoms with van der Waals surface area (Å²) in [6.45, 7) is 1.72. The highest BCUT2D eigenvalue weighted by Gasteiger charge is 2.45. The van der Waals surface area contributed by atoms with E-state index in [1.165, 1.54) is 18.2 Å². The number of furan rings is 1. The molecule has 11 heteroatoms. The first kappa shape index (κ1) is 25.1. The zero-order chi connectivity index (χ0) is 25.0. The van der Waals surface area contributed by atoms with Gasteiger partial charge in [-0.2, -0.15) is 0 Å². The summed E-state index contributed by atoms with van der Waals surface area (Å²) in [6, 6.07) is 8.91. The van der Waals surface area contributed by atoms with E-state index in [2.05, 4.69) is 20.3 Å². The smallest absolute Gasteiger partial charge is 0.467 e. The molecule has 2 fully saturated rings. The van der Waals surface area contributed by atoms with Crippen LogP contribution >= 0.6 is 0 Å². The number of ether oxygens (including phenoxy) is 1. The lowest BCUT2D eigenvalue weighted by molar-refractivity contribution is -0.274. The van der Waals surface area contributed by atoms with Crippen LogP contribution in [0.3, 0.4) is 0 Å². The van der Waals surface area contributed by atoms with Crippen LogP contribution in [0.5, 0.6) is 5.75 Å². The molecule has 2 aliphatic rings. The first-order valence-electron chi connectivity index (χ1n) is 11.6. The van der Waals surface area contributed by atoms with E-state index in [0.717, 1.165) is 6.42 Å². The van der Waals surface area contributed by atoms with Crippen LogP contribution in [-0.4, -0.2) is 66.2 Å². The normalized spacial score (nSPS) is 23.4. The third-order valence-corrected chi connectivity index (χ3v) is 6.61. The predicted molar refractivity (Wildman–Crippen MR) is 120 cm³/mol. The van der Waals surface area contributed by atoms with Crippen LogP contribution in [0.25, 0.3) is 0 Å². The molecule has 190 valence electrons.